The molecule has 124 valence electrons. The molecule has 0 aliphatic carbocycles. The number of phenols is 1. The van der Waals surface area contributed by atoms with Crippen molar-refractivity contribution < 1.29 is 5.11 Å². The Labute approximate surface area is 142 Å². The largest absolute Gasteiger partial charge is 0.508 e. The number of hydrogen-bond acceptors (Lipinski definition) is 3. The Bertz CT molecular complexity index is 826. The van der Waals surface area contributed by atoms with Gasteiger partial charge >= 0.3 is 0 Å². The standard InChI is InChI=1S/C20H23N3O/c24-19-5-1-3-17(11-19)14-23-8-2-4-16(13-23)9-15-6-7-20-18(10-15)12-21-22-20/h1,3,5-7,10-12,16,24H,2,4,8-9,13-14H2,(H,21,22)/t16-/m0/s1. The van der Waals surface area contributed by atoms with Crippen LogP contribution in [0.2, 0.25) is 0 Å². The van der Waals surface area contributed by atoms with E-state index in [0.717, 1.165) is 31.6 Å². The summed E-state index contributed by atoms with van der Waals surface area (Å²) in [6.07, 6.45) is 5.56. The van der Waals surface area contributed by atoms with Gasteiger partial charge in [0.2, 0.25) is 0 Å². The molecule has 0 saturated carbocycles. The normalized spacial score (nSPS) is 18.9. The lowest BCUT2D eigenvalue weighted by Gasteiger charge is -2.33. The van der Waals surface area contributed by atoms with Crippen molar-refractivity contribution in [3.05, 3.63) is 59.8 Å². The van der Waals surface area contributed by atoms with Crippen LogP contribution in [0.15, 0.2) is 48.7 Å². The van der Waals surface area contributed by atoms with Crippen molar-refractivity contribution in [3.8, 4) is 5.75 Å². The summed E-state index contributed by atoms with van der Waals surface area (Å²) < 4.78 is 0. The van der Waals surface area contributed by atoms with Crippen molar-refractivity contribution in [1.82, 2.24) is 15.1 Å². The fourth-order valence-corrected chi connectivity index (χ4v) is 3.83. The van der Waals surface area contributed by atoms with Crippen LogP contribution in [-0.2, 0) is 13.0 Å². The minimum Gasteiger partial charge on any atom is -0.508 e. The van der Waals surface area contributed by atoms with E-state index in [0.29, 0.717) is 11.7 Å². The molecule has 1 fully saturated rings. The van der Waals surface area contributed by atoms with Crippen molar-refractivity contribution in [1.29, 1.82) is 0 Å². The highest BCUT2D eigenvalue weighted by Gasteiger charge is 2.20. The number of likely N-dealkylation sites (tertiary alicyclic amines) is 1. The number of H-pyrrole nitrogens is 1. The molecule has 1 aliphatic heterocycles. The first kappa shape index (κ1) is 15.2. The maximum absolute atomic E-state index is 9.63. The molecule has 0 spiro atoms. The lowest BCUT2D eigenvalue weighted by molar-refractivity contribution is 0.167. The topological polar surface area (TPSA) is 52.1 Å². The zero-order valence-electron chi connectivity index (χ0n) is 13.8. The number of nitrogens with zero attached hydrogens (tertiary/aromatic N) is 2. The number of aromatic amines is 1. The molecule has 4 nitrogen and oxygen atoms in total. The van der Waals surface area contributed by atoms with E-state index >= 15 is 0 Å². The molecule has 1 aromatic heterocycles. The number of phenolic OH excluding ortho intramolecular Hbond substituents is 1. The Morgan fingerprint density at radius 1 is 1.17 bits per heavy atom. The van der Waals surface area contributed by atoms with Gasteiger partial charge < -0.3 is 5.11 Å². The summed E-state index contributed by atoms with van der Waals surface area (Å²) in [5, 5.41) is 17.9. The van der Waals surface area contributed by atoms with Gasteiger partial charge in [-0.25, -0.2) is 0 Å². The van der Waals surface area contributed by atoms with E-state index < -0.39 is 0 Å². The second-order valence-corrected chi connectivity index (χ2v) is 6.91. The molecule has 1 atom stereocenters. The van der Waals surface area contributed by atoms with Crippen LogP contribution in [-0.4, -0.2) is 33.3 Å². The summed E-state index contributed by atoms with van der Waals surface area (Å²) in [4.78, 5) is 2.51. The van der Waals surface area contributed by atoms with Crippen LogP contribution in [0.25, 0.3) is 10.9 Å². The first-order valence-corrected chi connectivity index (χ1v) is 8.68. The SMILES string of the molecule is Oc1cccc(CN2CCC[C@@H](Cc3ccc4[nH]ncc4c3)C2)c1. The maximum atomic E-state index is 9.63. The lowest BCUT2D eigenvalue weighted by atomic mass is 9.90. The van der Waals surface area contributed by atoms with Crippen molar-refractivity contribution in [2.45, 2.75) is 25.8 Å². The predicted molar refractivity (Wildman–Crippen MR) is 95.9 cm³/mol. The van der Waals surface area contributed by atoms with E-state index in [1.165, 1.54) is 29.4 Å². The van der Waals surface area contributed by atoms with E-state index in [4.69, 9.17) is 0 Å². The third kappa shape index (κ3) is 3.44. The van der Waals surface area contributed by atoms with E-state index in [9.17, 15) is 5.11 Å². The number of piperidine rings is 1. The van der Waals surface area contributed by atoms with E-state index in [1.807, 2.05) is 18.3 Å². The molecule has 2 heterocycles. The number of benzene rings is 2. The monoisotopic (exact) mass is 321 g/mol. The molecule has 0 amide bonds. The zero-order valence-corrected chi connectivity index (χ0v) is 13.8. The molecular weight excluding hydrogens is 298 g/mol. The summed E-state index contributed by atoms with van der Waals surface area (Å²) in [5.41, 5.74) is 3.69. The third-order valence-corrected chi connectivity index (χ3v) is 4.95. The number of aromatic nitrogens is 2. The molecule has 1 aliphatic rings. The smallest absolute Gasteiger partial charge is 0.115 e. The van der Waals surface area contributed by atoms with Gasteiger partial charge in [0.15, 0.2) is 0 Å². The van der Waals surface area contributed by atoms with Crippen molar-refractivity contribution in [2.24, 2.45) is 5.92 Å². The molecule has 1 saturated heterocycles. The third-order valence-electron chi connectivity index (χ3n) is 4.95. The number of hydrogen-bond donors (Lipinski definition) is 2. The van der Waals surface area contributed by atoms with Crippen LogP contribution < -0.4 is 0 Å². The molecule has 0 unspecified atom stereocenters. The Morgan fingerprint density at radius 3 is 3.04 bits per heavy atom. The van der Waals surface area contributed by atoms with Crippen LogP contribution >= 0.6 is 0 Å². The highest BCUT2D eigenvalue weighted by atomic mass is 16.3. The van der Waals surface area contributed by atoms with Gasteiger partial charge in [-0.3, -0.25) is 10.00 Å². The molecule has 4 rings (SSSR count). The lowest BCUT2D eigenvalue weighted by Crippen LogP contribution is -2.35. The predicted octanol–water partition coefficient (Wildman–Crippen LogP) is 3.72. The van der Waals surface area contributed by atoms with Gasteiger partial charge in [0.25, 0.3) is 0 Å². The van der Waals surface area contributed by atoms with Gasteiger partial charge in [-0.2, -0.15) is 5.10 Å². The van der Waals surface area contributed by atoms with Crippen LogP contribution in [0.5, 0.6) is 5.75 Å². The minimum absolute atomic E-state index is 0.356. The van der Waals surface area contributed by atoms with Crippen LogP contribution in [0.1, 0.15) is 24.0 Å². The Morgan fingerprint density at radius 2 is 2.12 bits per heavy atom. The second kappa shape index (κ2) is 6.65. The fourth-order valence-electron chi connectivity index (χ4n) is 3.83. The molecule has 3 aromatic rings. The maximum Gasteiger partial charge on any atom is 0.115 e. The first-order chi connectivity index (χ1) is 11.8. The molecule has 0 radical (unpaired) electrons. The molecule has 0 bridgehead atoms. The van der Waals surface area contributed by atoms with Gasteiger partial charge in [-0.15, -0.1) is 0 Å². The first-order valence-electron chi connectivity index (χ1n) is 8.68. The molecule has 24 heavy (non-hydrogen) atoms. The molecule has 4 heteroatoms. The number of aromatic hydroxyl groups is 1. The van der Waals surface area contributed by atoms with Crippen molar-refractivity contribution >= 4 is 10.9 Å². The van der Waals surface area contributed by atoms with Gasteiger partial charge in [-0.05, 0) is 67.1 Å². The van der Waals surface area contributed by atoms with Gasteiger partial charge in [-0.1, -0.05) is 18.2 Å². The molecule has 2 N–H and O–H groups in total. The van der Waals surface area contributed by atoms with Crippen LogP contribution in [0, 0.1) is 5.92 Å². The minimum atomic E-state index is 0.356. The second-order valence-electron chi connectivity index (χ2n) is 6.91. The van der Waals surface area contributed by atoms with E-state index in [1.54, 1.807) is 6.07 Å². The molecular formula is C20H23N3O. The summed E-state index contributed by atoms with van der Waals surface area (Å²) >= 11 is 0. The quantitative estimate of drug-likeness (QED) is 0.770. The fraction of sp³-hybridized carbons (Fsp3) is 0.350. The van der Waals surface area contributed by atoms with Crippen LogP contribution in [0.3, 0.4) is 0 Å². The van der Waals surface area contributed by atoms with Crippen LogP contribution in [0.4, 0.5) is 0 Å². The number of nitrogens with one attached hydrogen (secondary N) is 1. The van der Waals surface area contributed by atoms with Gasteiger partial charge in [0.1, 0.15) is 5.75 Å². The van der Waals surface area contributed by atoms with E-state index in [-0.39, 0.29) is 0 Å². The van der Waals surface area contributed by atoms with Gasteiger partial charge in [0.05, 0.1) is 11.7 Å². The van der Waals surface area contributed by atoms with Crippen molar-refractivity contribution in [3.63, 3.8) is 0 Å². The van der Waals surface area contributed by atoms with Crippen molar-refractivity contribution in [2.75, 3.05) is 13.1 Å². The number of fused-ring (bicyclic) bond motifs is 1. The zero-order chi connectivity index (χ0) is 16.4. The average molecular weight is 321 g/mol. The van der Waals surface area contributed by atoms with E-state index in [2.05, 4.69) is 39.4 Å². The summed E-state index contributed by atoms with van der Waals surface area (Å²) in [6, 6.07) is 14.2. The summed E-state index contributed by atoms with van der Waals surface area (Å²) in [7, 11) is 0. The van der Waals surface area contributed by atoms with Gasteiger partial charge in [0, 0.05) is 18.5 Å². The summed E-state index contributed by atoms with van der Waals surface area (Å²) in [5.74, 6) is 1.05. The Hall–Kier alpha value is -2.33. The highest BCUT2D eigenvalue weighted by Crippen LogP contribution is 2.24. The summed E-state index contributed by atoms with van der Waals surface area (Å²) in [6.45, 7) is 3.19. The average Bonchev–Trinajstić information content (AvgIpc) is 3.03. The Balaban J connectivity index is 1.40. The Kier molecular flexibility index (Phi) is 4.22. The number of rotatable bonds is 4. The highest BCUT2D eigenvalue weighted by molar-refractivity contribution is 5.78. The molecule has 2 aromatic carbocycles.